The van der Waals surface area contributed by atoms with Gasteiger partial charge in [0.1, 0.15) is 0 Å². The molecule has 0 fully saturated rings. The Morgan fingerprint density at radius 2 is 2.33 bits per heavy atom. The Hall–Kier alpha value is -0.570. The van der Waals surface area contributed by atoms with Crippen LogP contribution in [0.15, 0.2) is 4.99 Å². The second-order valence-corrected chi connectivity index (χ2v) is 2.17. The summed E-state index contributed by atoms with van der Waals surface area (Å²) < 4.78 is 0. The van der Waals surface area contributed by atoms with E-state index < -0.39 is 0 Å². The van der Waals surface area contributed by atoms with E-state index in [1.54, 1.807) is 0 Å². The van der Waals surface area contributed by atoms with E-state index in [-0.39, 0.29) is 6.04 Å². The van der Waals surface area contributed by atoms with Gasteiger partial charge in [0.05, 0.1) is 6.34 Å². The predicted octanol–water partition coefficient (Wildman–Crippen LogP) is 0.101. The molecule has 0 heterocycles. The van der Waals surface area contributed by atoms with E-state index in [0.717, 1.165) is 19.4 Å². The Morgan fingerprint density at radius 3 is 2.78 bits per heavy atom. The van der Waals surface area contributed by atoms with E-state index in [9.17, 15) is 0 Å². The Bertz CT molecular complexity index is 78.4. The Balaban J connectivity index is 2.91. The van der Waals surface area contributed by atoms with Gasteiger partial charge in [-0.15, -0.1) is 0 Å². The molecule has 3 nitrogen and oxygen atoms in total. The van der Waals surface area contributed by atoms with Crippen LogP contribution in [0, 0.1) is 0 Å². The van der Waals surface area contributed by atoms with Gasteiger partial charge in [0, 0.05) is 12.6 Å². The summed E-state index contributed by atoms with van der Waals surface area (Å²) in [6.45, 7) is 2.80. The molecule has 0 bridgehead atoms. The molecule has 0 aromatic carbocycles. The van der Waals surface area contributed by atoms with Crippen molar-refractivity contribution in [3.63, 3.8) is 0 Å². The summed E-state index contributed by atoms with van der Waals surface area (Å²) in [4.78, 5) is 3.84. The highest BCUT2D eigenvalue weighted by atomic mass is 14.8. The van der Waals surface area contributed by atoms with E-state index in [2.05, 4.69) is 4.99 Å². The lowest BCUT2D eigenvalue weighted by Gasteiger charge is -2.00. The lowest BCUT2D eigenvalue weighted by molar-refractivity contribution is 0.632. The van der Waals surface area contributed by atoms with Crippen LogP contribution < -0.4 is 11.5 Å². The minimum atomic E-state index is 0.290. The average molecular weight is 129 g/mol. The van der Waals surface area contributed by atoms with Crippen molar-refractivity contribution in [3.8, 4) is 0 Å². The van der Waals surface area contributed by atoms with Crippen LogP contribution in [-0.4, -0.2) is 18.9 Å². The molecule has 0 amide bonds. The number of hydrogen-bond acceptors (Lipinski definition) is 2. The van der Waals surface area contributed by atoms with Crippen molar-refractivity contribution in [1.82, 2.24) is 0 Å². The molecule has 0 saturated heterocycles. The fraction of sp³-hybridized carbons (Fsp3) is 0.833. The first-order valence-electron chi connectivity index (χ1n) is 3.23. The fourth-order valence-corrected chi connectivity index (χ4v) is 0.579. The van der Waals surface area contributed by atoms with Gasteiger partial charge in [0.2, 0.25) is 0 Å². The first-order valence-corrected chi connectivity index (χ1v) is 3.23. The van der Waals surface area contributed by atoms with Crippen molar-refractivity contribution >= 4 is 6.34 Å². The fourth-order valence-electron chi connectivity index (χ4n) is 0.579. The van der Waals surface area contributed by atoms with Gasteiger partial charge in [-0.2, -0.15) is 0 Å². The van der Waals surface area contributed by atoms with Crippen molar-refractivity contribution in [2.75, 3.05) is 6.54 Å². The third-order valence-electron chi connectivity index (χ3n) is 1.05. The zero-order valence-corrected chi connectivity index (χ0v) is 5.88. The van der Waals surface area contributed by atoms with Gasteiger partial charge in [0.15, 0.2) is 0 Å². The third-order valence-corrected chi connectivity index (χ3v) is 1.05. The molecular formula is C6H15N3. The number of nitrogens with two attached hydrogens (primary N) is 2. The van der Waals surface area contributed by atoms with E-state index >= 15 is 0 Å². The number of nitrogens with zero attached hydrogens (tertiary/aromatic N) is 1. The van der Waals surface area contributed by atoms with Gasteiger partial charge >= 0.3 is 0 Å². The molecule has 1 unspecified atom stereocenters. The van der Waals surface area contributed by atoms with Gasteiger partial charge in [-0.05, 0) is 19.8 Å². The highest BCUT2D eigenvalue weighted by Gasteiger charge is 1.90. The molecule has 9 heavy (non-hydrogen) atoms. The lowest BCUT2D eigenvalue weighted by Crippen LogP contribution is -2.14. The Morgan fingerprint density at radius 1 is 1.67 bits per heavy atom. The first-order chi connectivity index (χ1) is 4.27. The summed E-state index contributed by atoms with van der Waals surface area (Å²) in [7, 11) is 0. The molecule has 0 aromatic heterocycles. The van der Waals surface area contributed by atoms with E-state index in [1.807, 2.05) is 6.92 Å². The van der Waals surface area contributed by atoms with Crippen LogP contribution in [0.2, 0.25) is 0 Å². The van der Waals surface area contributed by atoms with Crippen LogP contribution in [0.4, 0.5) is 0 Å². The van der Waals surface area contributed by atoms with Crippen LogP contribution in [-0.2, 0) is 0 Å². The van der Waals surface area contributed by atoms with Gasteiger partial charge in [-0.3, -0.25) is 4.99 Å². The predicted molar refractivity (Wildman–Crippen MR) is 40.4 cm³/mol. The molecule has 0 rings (SSSR count). The molecular weight excluding hydrogens is 114 g/mol. The summed E-state index contributed by atoms with van der Waals surface area (Å²) in [6, 6.07) is 0.290. The molecule has 1 atom stereocenters. The zero-order valence-electron chi connectivity index (χ0n) is 5.88. The normalized spacial score (nSPS) is 14.4. The summed E-state index contributed by atoms with van der Waals surface area (Å²) >= 11 is 0. The van der Waals surface area contributed by atoms with Gasteiger partial charge in [-0.1, -0.05) is 0 Å². The third kappa shape index (κ3) is 7.43. The largest absolute Gasteiger partial charge is 0.390 e. The summed E-state index contributed by atoms with van der Waals surface area (Å²) in [5.41, 5.74) is 10.5. The molecule has 3 heteroatoms. The molecule has 0 saturated carbocycles. The van der Waals surface area contributed by atoms with Gasteiger partial charge < -0.3 is 11.5 Å². The molecule has 0 spiro atoms. The molecule has 0 aromatic rings. The van der Waals surface area contributed by atoms with E-state index in [4.69, 9.17) is 11.5 Å². The van der Waals surface area contributed by atoms with Crippen LogP contribution in [0.1, 0.15) is 19.8 Å². The summed E-state index contributed by atoms with van der Waals surface area (Å²) in [6.07, 6.45) is 3.39. The quantitative estimate of drug-likeness (QED) is 0.321. The second-order valence-electron chi connectivity index (χ2n) is 2.17. The number of aliphatic imine (C=N–C) groups is 1. The van der Waals surface area contributed by atoms with Crippen molar-refractivity contribution in [2.24, 2.45) is 16.5 Å². The highest BCUT2D eigenvalue weighted by Crippen LogP contribution is 1.91. The van der Waals surface area contributed by atoms with Gasteiger partial charge in [-0.25, -0.2) is 0 Å². The molecule has 0 aliphatic heterocycles. The summed E-state index contributed by atoms with van der Waals surface area (Å²) in [5, 5.41) is 0. The maximum absolute atomic E-state index is 5.49. The van der Waals surface area contributed by atoms with Crippen LogP contribution >= 0.6 is 0 Å². The molecule has 0 radical (unpaired) electrons. The molecule has 4 N–H and O–H groups in total. The Labute approximate surface area is 56.1 Å². The summed E-state index contributed by atoms with van der Waals surface area (Å²) in [5.74, 6) is 0. The molecule has 0 aliphatic rings. The topological polar surface area (TPSA) is 64.4 Å². The maximum atomic E-state index is 5.49. The first kappa shape index (κ1) is 8.43. The highest BCUT2D eigenvalue weighted by molar-refractivity contribution is 5.50. The van der Waals surface area contributed by atoms with Crippen molar-refractivity contribution in [2.45, 2.75) is 25.8 Å². The molecule has 54 valence electrons. The standard InChI is InChI=1S/C6H15N3/c1-6(8)3-2-4-9-5-7/h5-6H,2-4,8H2,1H3,(H2,7,9). The van der Waals surface area contributed by atoms with Crippen LogP contribution in [0.25, 0.3) is 0 Å². The van der Waals surface area contributed by atoms with Crippen LogP contribution in [0.5, 0.6) is 0 Å². The SMILES string of the molecule is CC(N)CCCN=CN. The van der Waals surface area contributed by atoms with Gasteiger partial charge in [0.25, 0.3) is 0 Å². The van der Waals surface area contributed by atoms with Crippen LogP contribution in [0.3, 0.4) is 0 Å². The van der Waals surface area contributed by atoms with E-state index in [0.29, 0.717) is 0 Å². The molecule has 0 aliphatic carbocycles. The number of hydrogen-bond donors (Lipinski definition) is 2. The minimum Gasteiger partial charge on any atom is -0.390 e. The lowest BCUT2D eigenvalue weighted by atomic mass is 10.2. The minimum absolute atomic E-state index is 0.290. The smallest absolute Gasteiger partial charge is 0.0797 e. The monoisotopic (exact) mass is 129 g/mol. The second kappa shape index (κ2) is 5.56. The van der Waals surface area contributed by atoms with Crippen molar-refractivity contribution < 1.29 is 0 Å². The van der Waals surface area contributed by atoms with Crippen molar-refractivity contribution in [1.29, 1.82) is 0 Å². The van der Waals surface area contributed by atoms with E-state index in [1.165, 1.54) is 6.34 Å². The average Bonchev–Trinajstić information content (AvgIpc) is 1.80. The van der Waals surface area contributed by atoms with Crippen molar-refractivity contribution in [3.05, 3.63) is 0 Å². The number of rotatable bonds is 4. The Kier molecular flexibility index (Phi) is 5.21. The zero-order chi connectivity index (χ0) is 7.11. The maximum Gasteiger partial charge on any atom is 0.0797 e.